The Labute approximate surface area is 70.3 Å². The van der Waals surface area contributed by atoms with E-state index in [2.05, 4.69) is 0 Å². The van der Waals surface area contributed by atoms with E-state index in [0.717, 1.165) is 12.1 Å². The molecule has 0 aliphatic carbocycles. The molecule has 0 aliphatic heterocycles. The Balaban J connectivity index is 3.23. The van der Waals surface area contributed by atoms with E-state index in [1.165, 1.54) is 6.07 Å². The highest BCUT2D eigenvalue weighted by atomic mass is 35.5. The third-order valence-corrected chi connectivity index (χ3v) is 2.21. The summed E-state index contributed by atoms with van der Waals surface area (Å²) in [5.74, 6) is -0.617. The van der Waals surface area contributed by atoms with E-state index in [9.17, 15) is 13.2 Å². The summed E-state index contributed by atoms with van der Waals surface area (Å²) in [4.78, 5) is -0.216. The van der Waals surface area contributed by atoms with Gasteiger partial charge >= 0.3 is 0 Å². The Morgan fingerprint density at radius 3 is 2.64 bits per heavy atom. The second-order valence-electron chi connectivity index (χ2n) is 1.81. The highest BCUT2D eigenvalue weighted by Gasteiger charge is 2.00. The van der Waals surface area contributed by atoms with Gasteiger partial charge in [-0.15, -0.1) is 0 Å². The van der Waals surface area contributed by atoms with Crippen LogP contribution in [-0.2, 0) is 11.1 Å². The number of rotatable bonds is 1. The second-order valence-corrected chi connectivity index (χ2v) is 3.13. The van der Waals surface area contributed by atoms with Gasteiger partial charge in [-0.05, 0) is 29.3 Å². The molecule has 2 nitrogen and oxygen atoms in total. The van der Waals surface area contributed by atoms with Crippen LogP contribution < -0.4 is 0 Å². The van der Waals surface area contributed by atoms with Gasteiger partial charge in [-0.3, -0.25) is 4.21 Å². The van der Waals surface area contributed by atoms with Crippen LogP contribution in [0.25, 0.3) is 0 Å². The smallest absolute Gasteiger partial charge is 0.124 e. The summed E-state index contributed by atoms with van der Waals surface area (Å²) in [6.07, 6.45) is 0. The molecule has 0 spiro atoms. The molecule has 0 bridgehead atoms. The van der Waals surface area contributed by atoms with Crippen LogP contribution in [0.4, 0.5) is 4.39 Å². The zero-order chi connectivity index (χ0) is 8.43. The number of hydrogen-bond donors (Lipinski definition) is 0. The Hall–Kier alpha value is -0.450. The number of halogens is 2. The fraction of sp³-hybridized carbons (Fsp3) is 0. The predicted octanol–water partition coefficient (Wildman–Crippen LogP) is 1.72. The normalized spacial score (nSPS) is 13.0. The molecule has 0 heterocycles. The van der Waals surface area contributed by atoms with E-state index < -0.39 is 16.9 Å². The van der Waals surface area contributed by atoms with Crippen LogP contribution in [0.15, 0.2) is 23.1 Å². The summed E-state index contributed by atoms with van der Waals surface area (Å²) < 4.78 is 33.0. The van der Waals surface area contributed by atoms with Crippen LogP contribution in [0, 0.1) is 5.82 Å². The van der Waals surface area contributed by atoms with Crippen molar-refractivity contribution in [3.05, 3.63) is 29.0 Å². The lowest BCUT2D eigenvalue weighted by molar-refractivity contribution is 0.535. The Morgan fingerprint density at radius 1 is 1.55 bits per heavy atom. The maximum Gasteiger partial charge on any atom is 0.124 e. The highest BCUT2D eigenvalue weighted by molar-refractivity contribution is 7.79. The monoisotopic (exact) mass is 193 g/mol. The van der Waals surface area contributed by atoms with Crippen LogP contribution in [0.3, 0.4) is 0 Å². The molecule has 1 aromatic carbocycles. The van der Waals surface area contributed by atoms with Gasteiger partial charge in [0, 0.05) is 4.90 Å². The first-order valence-corrected chi connectivity index (χ1v) is 4.11. The van der Waals surface area contributed by atoms with E-state index in [0.29, 0.717) is 0 Å². The molecule has 1 aromatic rings. The molecule has 0 amide bonds. The van der Waals surface area contributed by atoms with Gasteiger partial charge in [0.15, 0.2) is 0 Å². The SMILES string of the molecule is O=S([O-])c1cc(F)ccc1Cl. The molecule has 0 radical (unpaired) electrons. The van der Waals surface area contributed by atoms with Gasteiger partial charge in [-0.1, -0.05) is 11.6 Å². The molecule has 0 aliphatic rings. The number of hydrogen-bond acceptors (Lipinski definition) is 2. The molecular formula is C6H3ClFO2S-. The first kappa shape index (κ1) is 8.64. The average Bonchev–Trinajstić information content (AvgIpc) is 1.94. The van der Waals surface area contributed by atoms with Crippen molar-refractivity contribution in [2.24, 2.45) is 0 Å². The molecule has 60 valence electrons. The first-order chi connectivity index (χ1) is 5.11. The van der Waals surface area contributed by atoms with E-state index in [4.69, 9.17) is 11.6 Å². The van der Waals surface area contributed by atoms with Crippen molar-refractivity contribution in [1.82, 2.24) is 0 Å². The van der Waals surface area contributed by atoms with Gasteiger partial charge in [0.05, 0.1) is 5.02 Å². The zero-order valence-corrected chi connectivity index (χ0v) is 6.79. The predicted molar refractivity (Wildman–Crippen MR) is 38.6 cm³/mol. The minimum atomic E-state index is -2.47. The lowest BCUT2D eigenvalue weighted by Crippen LogP contribution is -1.90. The minimum Gasteiger partial charge on any atom is -0.768 e. The van der Waals surface area contributed by atoms with Gasteiger partial charge in [-0.2, -0.15) is 0 Å². The lowest BCUT2D eigenvalue weighted by atomic mass is 10.3. The standard InChI is InChI=1S/C6H4ClFO2S/c7-5-2-1-4(8)3-6(5)11(9)10/h1-3H,(H,9,10)/p-1. The molecule has 5 heteroatoms. The number of benzene rings is 1. The van der Waals surface area contributed by atoms with Crippen molar-refractivity contribution >= 4 is 22.7 Å². The van der Waals surface area contributed by atoms with E-state index in [1.54, 1.807) is 0 Å². The van der Waals surface area contributed by atoms with E-state index >= 15 is 0 Å². The summed E-state index contributed by atoms with van der Waals surface area (Å²) >= 11 is 2.96. The fourth-order valence-corrected chi connectivity index (χ4v) is 1.35. The minimum absolute atomic E-state index is 0.0275. The Morgan fingerprint density at radius 2 is 2.18 bits per heavy atom. The van der Waals surface area contributed by atoms with Gasteiger partial charge in [0.25, 0.3) is 0 Å². The highest BCUT2D eigenvalue weighted by Crippen LogP contribution is 2.19. The van der Waals surface area contributed by atoms with Crippen molar-refractivity contribution in [2.75, 3.05) is 0 Å². The van der Waals surface area contributed by atoms with Crippen LogP contribution in [0.2, 0.25) is 5.02 Å². The van der Waals surface area contributed by atoms with Gasteiger partial charge < -0.3 is 4.55 Å². The van der Waals surface area contributed by atoms with Crippen molar-refractivity contribution in [3.63, 3.8) is 0 Å². The molecule has 0 N–H and O–H groups in total. The van der Waals surface area contributed by atoms with Crippen LogP contribution in [-0.4, -0.2) is 8.76 Å². The topological polar surface area (TPSA) is 40.1 Å². The van der Waals surface area contributed by atoms with Crippen LogP contribution in [0.5, 0.6) is 0 Å². The Kier molecular flexibility index (Phi) is 2.59. The second kappa shape index (κ2) is 3.30. The van der Waals surface area contributed by atoms with Gasteiger partial charge in [0.2, 0.25) is 0 Å². The molecule has 11 heavy (non-hydrogen) atoms. The third-order valence-electron chi connectivity index (χ3n) is 1.07. The molecular weight excluding hydrogens is 191 g/mol. The van der Waals surface area contributed by atoms with Crippen molar-refractivity contribution in [3.8, 4) is 0 Å². The molecule has 1 rings (SSSR count). The van der Waals surface area contributed by atoms with Crippen molar-refractivity contribution in [1.29, 1.82) is 0 Å². The fourth-order valence-electron chi connectivity index (χ4n) is 0.605. The van der Waals surface area contributed by atoms with Gasteiger partial charge in [0.1, 0.15) is 5.82 Å². The zero-order valence-electron chi connectivity index (χ0n) is 5.21. The lowest BCUT2D eigenvalue weighted by Gasteiger charge is -2.06. The largest absolute Gasteiger partial charge is 0.768 e. The Bertz CT molecular complexity index is 303. The summed E-state index contributed by atoms with van der Waals surface area (Å²) in [5.41, 5.74) is 0. The summed E-state index contributed by atoms with van der Waals surface area (Å²) in [5, 5.41) is 0.0275. The van der Waals surface area contributed by atoms with Crippen LogP contribution in [0.1, 0.15) is 0 Å². The van der Waals surface area contributed by atoms with Crippen molar-refractivity contribution in [2.45, 2.75) is 4.90 Å². The maximum atomic E-state index is 12.4. The first-order valence-electron chi connectivity index (χ1n) is 2.65. The molecule has 0 aromatic heterocycles. The third kappa shape index (κ3) is 1.99. The molecule has 1 unspecified atom stereocenters. The summed E-state index contributed by atoms with van der Waals surface area (Å²) in [7, 11) is 0. The van der Waals surface area contributed by atoms with E-state index in [1.807, 2.05) is 0 Å². The summed E-state index contributed by atoms with van der Waals surface area (Å²) in [6.45, 7) is 0. The molecule has 0 fully saturated rings. The average molecular weight is 194 g/mol. The maximum absolute atomic E-state index is 12.4. The van der Waals surface area contributed by atoms with Crippen LogP contribution >= 0.6 is 11.6 Å². The van der Waals surface area contributed by atoms with E-state index in [-0.39, 0.29) is 9.92 Å². The van der Waals surface area contributed by atoms with Gasteiger partial charge in [-0.25, -0.2) is 4.39 Å². The molecule has 0 saturated carbocycles. The quantitative estimate of drug-likeness (QED) is 0.638. The summed E-state index contributed by atoms with van der Waals surface area (Å²) in [6, 6.07) is 3.16. The molecule has 0 saturated heterocycles. The molecule has 1 atom stereocenters. The van der Waals surface area contributed by atoms with Crippen molar-refractivity contribution < 1.29 is 13.2 Å².